The molecule has 1 aromatic heterocycles. The Labute approximate surface area is 196 Å². The van der Waals surface area contributed by atoms with Crippen molar-refractivity contribution in [3.05, 3.63) is 77.3 Å². The van der Waals surface area contributed by atoms with Gasteiger partial charge in [0.15, 0.2) is 17.4 Å². The van der Waals surface area contributed by atoms with Crippen LogP contribution in [0.25, 0.3) is 16.3 Å². The largest absolute Gasteiger partial charge is 0.493 e. The van der Waals surface area contributed by atoms with Gasteiger partial charge in [0.1, 0.15) is 19.5 Å². The maximum absolute atomic E-state index is 6.51. The molecule has 5 rings (SSSR count). The van der Waals surface area contributed by atoms with E-state index in [9.17, 15) is 0 Å². The highest BCUT2D eigenvalue weighted by Crippen LogP contribution is 2.49. The highest BCUT2D eigenvalue weighted by molar-refractivity contribution is 6.34. The van der Waals surface area contributed by atoms with E-state index < -0.39 is 0 Å². The summed E-state index contributed by atoms with van der Waals surface area (Å²) in [5, 5.41) is 6.15. The molecule has 0 radical (unpaired) electrons. The zero-order chi connectivity index (χ0) is 23.1. The monoisotopic (exact) mass is 461 g/mol. The summed E-state index contributed by atoms with van der Waals surface area (Å²) in [6, 6.07) is 16.1. The molecule has 0 spiro atoms. The standard InChI is InChI=1S/C24H21BClN3O4/c1-30-17-10-13(9-16(25)22(17)31-2)19-15-8-7-12-5-3-4-6-14(12)21(15)32-23(27)20(19)24-28-18(11-26)33-29-24/h3-10,19H,11,25,27H2,1-2H3. The molecule has 3 aromatic carbocycles. The Morgan fingerprint density at radius 3 is 2.67 bits per heavy atom. The number of rotatable bonds is 5. The van der Waals surface area contributed by atoms with Crippen LogP contribution in [0, 0.1) is 0 Å². The van der Waals surface area contributed by atoms with Crippen LogP contribution in [0.15, 0.2) is 58.9 Å². The van der Waals surface area contributed by atoms with E-state index in [4.69, 9.17) is 36.1 Å². The first kappa shape index (κ1) is 21.2. The number of allylic oxidation sites excluding steroid dienone is 1. The summed E-state index contributed by atoms with van der Waals surface area (Å²) in [6.07, 6.45) is 0. The molecule has 166 valence electrons. The van der Waals surface area contributed by atoms with Crippen LogP contribution in [-0.2, 0) is 5.88 Å². The van der Waals surface area contributed by atoms with Gasteiger partial charge in [0.05, 0.1) is 19.8 Å². The minimum atomic E-state index is -0.336. The van der Waals surface area contributed by atoms with E-state index in [-0.39, 0.29) is 17.7 Å². The molecule has 9 heteroatoms. The summed E-state index contributed by atoms with van der Waals surface area (Å²) in [6.45, 7) is 0. The van der Waals surface area contributed by atoms with E-state index in [0.717, 1.165) is 27.4 Å². The summed E-state index contributed by atoms with van der Waals surface area (Å²) >= 11 is 5.90. The third kappa shape index (κ3) is 3.47. The molecule has 0 amide bonds. The molecule has 1 atom stereocenters. The minimum Gasteiger partial charge on any atom is -0.493 e. The lowest BCUT2D eigenvalue weighted by Crippen LogP contribution is -2.23. The van der Waals surface area contributed by atoms with Crippen LogP contribution < -0.4 is 25.4 Å². The number of fused-ring (bicyclic) bond motifs is 3. The summed E-state index contributed by atoms with van der Waals surface area (Å²) in [4.78, 5) is 4.43. The number of aromatic nitrogens is 2. The lowest BCUT2D eigenvalue weighted by atomic mass is 9.79. The van der Waals surface area contributed by atoms with Crippen molar-refractivity contribution in [3.8, 4) is 17.2 Å². The molecule has 0 saturated carbocycles. The fraction of sp³-hybridized carbons (Fsp3) is 0.167. The Hall–Kier alpha value is -3.65. The van der Waals surface area contributed by atoms with Crippen molar-refractivity contribution in [2.45, 2.75) is 11.8 Å². The summed E-state index contributed by atoms with van der Waals surface area (Å²) in [7, 11) is 5.21. The van der Waals surface area contributed by atoms with Gasteiger partial charge in [-0.25, -0.2) is 0 Å². The van der Waals surface area contributed by atoms with Crippen molar-refractivity contribution in [1.29, 1.82) is 0 Å². The smallest absolute Gasteiger partial charge is 0.241 e. The third-order valence-corrected chi connectivity index (χ3v) is 6.06. The highest BCUT2D eigenvalue weighted by Gasteiger charge is 2.35. The van der Waals surface area contributed by atoms with Gasteiger partial charge < -0.3 is 24.5 Å². The van der Waals surface area contributed by atoms with Crippen LogP contribution in [0.1, 0.15) is 28.8 Å². The van der Waals surface area contributed by atoms with Gasteiger partial charge in [0, 0.05) is 16.9 Å². The summed E-state index contributed by atoms with van der Waals surface area (Å²) in [5.41, 5.74) is 9.90. The van der Waals surface area contributed by atoms with Gasteiger partial charge in [0.25, 0.3) is 0 Å². The molecule has 1 aliphatic rings. The molecule has 7 nitrogen and oxygen atoms in total. The van der Waals surface area contributed by atoms with Gasteiger partial charge in [-0.1, -0.05) is 47.6 Å². The molecule has 0 bridgehead atoms. The van der Waals surface area contributed by atoms with Crippen LogP contribution in [0.4, 0.5) is 0 Å². The van der Waals surface area contributed by atoms with Gasteiger partial charge >= 0.3 is 0 Å². The zero-order valence-corrected chi connectivity index (χ0v) is 19.1. The minimum absolute atomic E-state index is 0.0996. The Kier molecular flexibility index (Phi) is 5.38. The van der Waals surface area contributed by atoms with Gasteiger partial charge in [-0.15, -0.1) is 11.6 Å². The Morgan fingerprint density at radius 2 is 1.94 bits per heavy atom. The Balaban J connectivity index is 1.80. The number of ether oxygens (including phenoxy) is 3. The van der Waals surface area contributed by atoms with Crippen molar-refractivity contribution >= 4 is 41.3 Å². The van der Waals surface area contributed by atoms with E-state index in [0.29, 0.717) is 34.5 Å². The Bertz CT molecular complexity index is 1400. The normalized spacial score (nSPS) is 15.3. The molecule has 1 unspecified atom stereocenters. The Morgan fingerprint density at radius 1 is 1.12 bits per heavy atom. The average Bonchev–Trinajstić information content (AvgIpc) is 3.31. The first-order valence-corrected chi connectivity index (χ1v) is 10.9. The fourth-order valence-corrected chi connectivity index (χ4v) is 4.52. The zero-order valence-electron chi connectivity index (χ0n) is 18.4. The van der Waals surface area contributed by atoms with E-state index in [1.807, 2.05) is 50.3 Å². The fourth-order valence-electron chi connectivity index (χ4n) is 4.42. The molecule has 4 aromatic rings. The van der Waals surface area contributed by atoms with Crippen molar-refractivity contribution in [2.24, 2.45) is 5.73 Å². The summed E-state index contributed by atoms with van der Waals surface area (Å²) in [5.74, 6) is 2.60. The van der Waals surface area contributed by atoms with E-state index in [1.54, 1.807) is 14.2 Å². The third-order valence-electron chi connectivity index (χ3n) is 5.83. The number of hydrogen-bond acceptors (Lipinski definition) is 7. The first-order chi connectivity index (χ1) is 16.0. The molecular weight excluding hydrogens is 441 g/mol. The number of alkyl halides is 1. The SMILES string of the molecule is Bc1cc(C2C(c3noc(CCl)n3)=C(N)Oc3c2ccc2ccccc32)cc(OC)c1OC. The number of nitrogens with two attached hydrogens (primary N) is 1. The topological polar surface area (TPSA) is 92.6 Å². The molecular formula is C24H21BClN3O4. The quantitative estimate of drug-likeness (QED) is 0.361. The summed E-state index contributed by atoms with van der Waals surface area (Å²) < 4.78 is 22.6. The molecule has 0 saturated heterocycles. The molecule has 0 aliphatic carbocycles. The number of nitrogens with zero attached hydrogens (tertiary/aromatic N) is 2. The number of methoxy groups -OCH3 is 2. The molecule has 2 N–H and O–H groups in total. The van der Waals surface area contributed by atoms with Gasteiger partial charge in [0.2, 0.25) is 11.7 Å². The van der Waals surface area contributed by atoms with E-state index in [2.05, 4.69) is 16.2 Å². The van der Waals surface area contributed by atoms with Crippen LogP contribution in [0.5, 0.6) is 17.2 Å². The molecule has 0 fully saturated rings. The van der Waals surface area contributed by atoms with Gasteiger partial charge in [-0.3, -0.25) is 0 Å². The van der Waals surface area contributed by atoms with Crippen molar-refractivity contribution in [3.63, 3.8) is 0 Å². The van der Waals surface area contributed by atoms with E-state index in [1.165, 1.54) is 0 Å². The average molecular weight is 462 g/mol. The van der Waals surface area contributed by atoms with Crippen LogP contribution >= 0.6 is 11.6 Å². The predicted molar refractivity (Wildman–Crippen MR) is 129 cm³/mol. The lowest BCUT2D eigenvalue weighted by molar-refractivity contribution is 0.356. The van der Waals surface area contributed by atoms with Crippen molar-refractivity contribution in [2.75, 3.05) is 14.2 Å². The van der Waals surface area contributed by atoms with Crippen molar-refractivity contribution in [1.82, 2.24) is 10.1 Å². The first-order valence-electron chi connectivity index (χ1n) is 10.4. The predicted octanol–water partition coefficient (Wildman–Crippen LogP) is 3.09. The maximum Gasteiger partial charge on any atom is 0.241 e. The van der Waals surface area contributed by atoms with Crippen LogP contribution in [0.3, 0.4) is 0 Å². The number of halogens is 1. The molecule has 2 heterocycles. The highest BCUT2D eigenvalue weighted by atomic mass is 35.5. The van der Waals surface area contributed by atoms with Gasteiger partial charge in [-0.05, 0) is 22.5 Å². The molecule has 1 aliphatic heterocycles. The van der Waals surface area contributed by atoms with Crippen LogP contribution in [-0.4, -0.2) is 32.2 Å². The van der Waals surface area contributed by atoms with Gasteiger partial charge in [-0.2, -0.15) is 4.98 Å². The molecule has 33 heavy (non-hydrogen) atoms. The number of benzene rings is 3. The second kappa shape index (κ2) is 8.37. The second-order valence-electron chi connectivity index (χ2n) is 7.74. The van der Waals surface area contributed by atoms with Crippen LogP contribution in [0.2, 0.25) is 0 Å². The van der Waals surface area contributed by atoms with Crippen molar-refractivity contribution < 1.29 is 18.7 Å². The second-order valence-corrected chi connectivity index (χ2v) is 8.00. The lowest BCUT2D eigenvalue weighted by Gasteiger charge is -2.30. The maximum atomic E-state index is 6.51. The van der Waals surface area contributed by atoms with E-state index >= 15 is 0 Å². The number of hydrogen-bond donors (Lipinski definition) is 1.